The maximum absolute atomic E-state index is 12.0. The summed E-state index contributed by atoms with van der Waals surface area (Å²) in [5.41, 5.74) is 0. The summed E-state index contributed by atoms with van der Waals surface area (Å²) in [4.78, 5) is 22.8. The monoisotopic (exact) mass is 320 g/mol. The molecule has 1 amide bonds. The van der Waals surface area contributed by atoms with E-state index in [9.17, 15) is 4.79 Å². The molecule has 2 saturated heterocycles. The molecule has 0 bridgehead atoms. The quantitative estimate of drug-likeness (QED) is 0.768. The van der Waals surface area contributed by atoms with Crippen molar-refractivity contribution < 1.29 is 14.3 Å². The minimum Gasteiger partial charge on any atom is -0.383 e. The van der Waals surface area contributed by atoms with Gasteiger partial charge in [0.2, 0.25) is 11.9 Å². The van der Waals surface area contributed by atoms with Crippen molar-refractivity contribution in [2.24, 2.45) is 11.8 Å². The van der Waals surface area contributed by atoms with Crippen molar-refractivity contribution in [3.05, 3.63) is 18.5 Å². The summed E-state index contributed by atoms with van der Waals surface area (Å²) in [6, 6.07) is 1.83. The predicted molar refractivity (Wildman–Crippen MR) is 85.1 cm³/mol. The molecule has 3 rings (SSSR count). The molecule has 3 atom stereocenters. The molecule has 0 radical (unpaired) electrons. The molecule has 2 aliphatic rings. The number of nitrogens with one attached hydrogen (secondary N) is 1. The van der Waals surface area contributed by atoms with Crippen molar-refractivity contribution in [1.29, 1.82) is 0 Å². The number of ether oxygens (including phenoxy) is 2. The summed E-state index contributed by atoms with van der Waals surface area (Å²) in [5.74, 6) is 1.72. The fourth-order valence-corrected chi connectivity index (χ4v) is 3.48. The van der Waals surface area contributed by atoms with E-state index in [4.69, 9.17) is 9.47 Å². The number of anilines is 1. The third-order valence-electron chi connectivity index (χ3n) is 4.64. The first-order valence-corrected chi connectivity index (χ1v) is 8.17. The van der Waals surface area contributed by atoms with Crippen molar-refractivity contribution in [2.75, 3.05) is 44.9 Å². The molecule has 2 fully saturated rings. The fourth-order valence-electron chi connectivity index (χ4n) is 3.48. The van der Waals surface area contributed by atoms with Crippen molar-refractivity contribution in [1.82, 2.24) is 15.3 Å². The summed E-state index contributed by atoms with van der Waals surface area (Å²) < 4.78 is 10.8. The molecule has 2 aliphatic heterocycles. The van der Waals surface area contributed by atoms with Crippen LogP contribution >= 0.6 is 0 Å². The van der Waals surface area contributed by atoms with Gasteiger partial charge in [-0.1, -0.05) is 0 Å². The summed E-state index contributed by atoms with van der Waals surface area (Å²) in [6.45, 7) is 3.61. The van der Waals surface area contributed by atoms with Gasteiger partial charge < -0.3 is 19.7 Å². The van der Waals surface area contributed by atoms with E-state index in [-0.39, 0.29) is 12.0 Å². The van der Waals surface area contributed by atoms with Gasteiger partial charge in [-0.3, -0.25) is 4.79 Å². The third-order valence-corrected chi connectivity index (χ3v) is 4.64. The molecule has 1 aromatic rings. The number of amides is 1. The molecule has 1 aromatic heterocycles. The maximum Gasteiger partial charge on any atom is 0.225 e. The van der Waals surface area contributed by atoms with Gasteiger partial charge in [0.25, 0.3) is 0 Å². The fraction of sp³-hybridized carbons (Fsp3) is 0.688. The zero-order valence-electron chi connectivity index (χ0n) is 13.5. The lowest BCUT2D eigenvalue weighted by Gasteiger charge is -2.35. The molecule has 7 nitrogen and oxygen atoms in total. The van der Waals surface area contributed by atoms with Gasteiger partial charge >= 0.3 is 0 Å². The highest BCUT2D eigenvalue weighted by Gasteiger charge is 2.41. The lowest BCUT2D eigenvalue weighted by Crippen LogP contribution is -2.43. The molecule has 7 heteroatoms. The topological polar surface area (TPSA) is 76.6 Å². The van der Waals surface area contributed by atoms with Gasteiger partial charge in [0.05, 0.1) is 25.7 Å². The number of hydrogen-bond acceptors (Lipinski definition) is 6. The van der Waals surface area contributed by atoms with E-state index in [1.54, 1.807) is 19.5 Å². The Morgan fingerprint density at radius 3 is 3.09 bits per heavy atom. The van der Waals surface area contributed by atoms with Crippen molar-refractivity contribution in [3.63, 3.8) is 0 Å². The van der Waals surface area contributed by atoms with E-state index < -0.39 is 0 Å². The zero-order chi connectivity index (χ0) is 16.1. The Kier molecular flexibility index (Phi) is 5.40. The first kappa shape index (κ1) is 16.1. The number of aromatic nitrogens is 2. The molecule has 0 aromatic carbocycles. The Morgan fingerprint density at radius 2 is 2.30 bits per heavy atom. The normalized spacial score (nSPS) is 26.8. The summed E-state index contributed by atoms with van der Waals surface area (Å²) in [7, 11) is 1.63. The Labute approximate surface area is 136 Å². The highest BCUT2D eigenvalue weighted by molar-refractivity contribution is 5.76. The van der Waals surface area contributed by atoms with Gasteiger partial charge in [0.15, 0.2) is 0 Å². The maximum atomic E-state index is 12.0. The minimum atomic E-state index is 0.0291. The number of fused-ring (bicyclic) bond motifs is 1. The van der Waals surface area contributed by atoms with E-state index in [0.29, 0.717) is 38.0 Å². The average Bonchev–Trinajstić information content (AvgIpc) is 2.98. The smallest absolute Gasteiger partial charge is 0.225 e. The highest BCUT2D eigenvalue weighted by atomic mass is 16.5. The zero-order valence-corrected chi connectivity index (χ0v) is 13.5. The molecule has 23 heavy (non-hydrogen) atoms. The van der Waals surface area contributed by atoms with Crippen LogP contribution in [0.25, 0.3) is 0 Å². The molecule has 0 unspecified atom stereocenters. The number of methoxy groups -OCH3 is 1. The molecule has 0 spiro atoms. The highest BCUT2D eigenvalue weighted by Crippen LogP contribution is 2.36. The Bertz CT molecular complexity index is 513. The number of carbonyl (C=O) groups is 1. The minimum absolute atomic E-state index is 0.0291. The number of piperidine rings is 1. The second kappa shape index (κ2) is 7.70. The SMILES string of the molecule is COCCNC(=O)C[C@@H]1OC[C@H]2CN(c3ncccn3)CC[C@H]21. The number of rotatable bonds is 6. The molecular formula is C16H24N4O3. The average molecular weight is 320 g/mol. The largest absolute Gasteiger partial charge is 0.383 e. The summed E-state index contributed by atoms with van der Waals surface area (Å²) in [6.07, 6.45) is 5.02. The molecule has 126 valence electrons. The van der Waals surface area contributed by atoms with Crippen LogP contribution < -0.4 is 10.2 Å². The first-order chi connectivity index (χ1) is 11.3. The van der Waals surface area contributed by atoms with E-state index in [2.05, 4.69) is 20.2 Å². The Hall–Kier alpha value is -1.73. The second-order valence-corrected chi connectivity index (χ2v) is 6.13. The molecular weight excluding hydrogens is 296 g/mol. The first-order valence-electron chi connectivity index (χ1n) is 8.17. The van der Waals surface area contributed by atoms with Crippen molar-refractivity contribution in [3.8, 4) is 0 Å². The predicted octanol–water partition coefficient (Wildman–Crippen LogP) is 0.471. The number of hydrogen-bond donors (Lipinski definition) is 1. The van der Waals surface area contributed by atoms with E-state index in [0.717, 1.165) is 25.5 Å². The second-order valence-electron chi connectivity index (χ2n) is 6.13. The Balaban J connectivity index is 1.50. The molecule has 3 heterocycles. The standard InChI is InChI=1S/C16H24N4O3/c1-22-8-6-17-15(21)9-14-13-3-7-20(10-12(13)11-23-14)16-18-4-2-5-19-16/h2,4-5,12-14H,3,6-11H2,1H3,(H,17,21)/t12-,13-,14+/m1/s1. The van der Waals surface area contributed by atoms with Crippen LogP contribution in [-0.4, -0.2) is 61.9 Å². The van der Waals surface area contributed by atoms with Gasteiger partial charge in [-0.15, -0.1) is 0 Å². The van der Waals surface area contributed by atoms with Gasteiger partial charge in [0.1, 0.15) is 0 Å². The third kappa shape index (κ3) is 3.97. The van der Waals surface area contributed by atoms with Crippen LogP contribution in [-0.2, 0) is 14.3 Å². The van der Waals surface area contributed by atoms with Crippen LogP contribution in [0, 0.1) is 11.8 Å². The van der Waals surface area contributed by atoms with Crippen molar-refractivity contribution in [2.45, 2.75) is 18.9 Å². The van der Waals surface area contributed by atoms with Gasteiger partial charge in [-0.25, -0.2) is 9.97 Å². The summed E-state index contributed by atoms with van der Waals surface area (Å²) in [5, 5.41) is 2.87. The van der Waals surface area contributed by atoms with Crippen LogP contribution in [0.1, 0.15) is 12.8 Å². The number of nitrogens with zero attached hydrogens (tertiary/aromatic N) is 3. The molecule has 0 saturated carbocycles. The van der Waals surface area contributed by atoms with Crippen molar-refractivity contribution >= 4 is 11.9 Å². The summed E-state index contributed by atoms with van der Waals surface area (Å²) >= 11 is 0. The lowest BCUT2D eigenvalue weighted by atomic mass is 9.83. The van der Waals surface area contributed by atoms with E-state index in [1.807, 2.05) is 6.07 Å². The number of carbonyl (C=O) groups excluding carboxylic acids is 1. The van der Waals surface area contributed by atoms with Gasteiger partial charge in [-0.05, 0) is 18.4 Å². The van der Waals surface area contributed by atoms with Gasteiger partial charge in [0, 0.05) is 45.1 Å². The van der Waals surface area contributed by atoms with E-state index >= 15 is 0 Å². The van der Waals surface area contributed by atoms with Crippen LogP contribution in [0.2, 0.25) is 0 Å². The van der Waals surface area contributed by atoms with Crippen LogP contribution in [0.4, 0.5) is 5.95 Å². The molecule has 1 N–H and O–H groups in total. The van der Waals surface area contributed by atoms with Crippen LogP contribution in [0.5, 0.6) is 0 Å². The van der Waals surface area contributed by atoms with E-state index in [1.165, 1.54) is 0 Å². The van der Waals surface area contributed by atoms with Gasteiger partial charge in [-0.2, -0.15) is 0 Å². The van der Waals surface area contributed by atoms with Crippen LogP contribution in [0.15, 0.2) is 18.5 Å². The lowest BCUT2D eigenvalue weighted by molar-refractivity contribution is -0.123. The van der Waals surface area contributed by atoms with Crippen LogP contribution in [0.3, 0.4) is 0 Å². The Morgan fingerprint density at radius 1 is 1.48 bits per heavy atom. The molecule has 0 aliphatic carbocycles.